The Hall–Kier alpha value is -2.20. The Morgan fingerprint density at radius 1 is 1.00 bits per heavy atom. The molecule has 0 aliphatic carbocycles. The van der Waals surface area contributed by atoms with Crippen LogP contribution in [0.25, 0.3) is 0 Å². The molecule has 0 fully saturated rings. The van der Waals surface area contributed by atoms with Gasteiger partial charge in [0.05, 0.1) is 59.0 Å². The lowest BCUT2D eigenvalue weighted by Gasteiger charge is -2.09. The zero-order chi connectivity index (χ0) is 19.7. The highest BCUT2D eigenvalue weighted by molar-refractivity contribution is 5.95. The Labute approximate surface area is 159 Å². The SMILES string of the molecule is COc1cc(C(=O)NCCOCCOCCOCCOCC=O)ccc1N. The van der Waals surface area contributed by atoms with E-state index in [1.54, 1.807) is 18.2 Å². The van der Waals surface area contributed by atoms with E-state index in [1.165, 1.54) is 7.11 Å². The topological polar surface area (TPSA) is 118 Å². The maximum atomic E-state index is 12.0. The Morgan fingerprint density at radius 3 is 2.19 bits per heavy atom. The molecule has 3 N–H and O–H groups in total. The van der Waals surface area contributed by atoms with E-state index in [2.05, 4.69) is 5.32 Å². The molecule has 27 heavy (non-hydrogen) atoms. The third kappa shape index (κ3) is 10.5. The molecule has 0 saturated carbocycles. The van der Waals surface area contributed by atoms with Gasteiger partial charge >= 0.3 is 0 Å². The number of hydrogen-bond donors (Lipinski definition) is 2. The Balaban J connectivity index is 1.95. The predicted octanol–water partition coefficient (Wildman–Crippen LogP) is 0.273. The molecule has 0 saturated heterocycles. The lowest BCUT2D eigenvalue weighted by atomic mass is 10.2. The lowest BCUT2D eigenvalue weighted by molar-refractivity contribution is -0.112. The van der Waals surface area contributed by atoms with E-state index >= 15 is 0 Å². The summed E-state index contributed by atoms with van der Waals surface area (Å²) in [6.45, 7) is 3.43. The van der Waals surface area contributed by atoms with Crippen LogP contribution in [0.5, 0.6) is 5.75 Å². The second kappa shape index (κ2) is 14.9. The molecule has 0 spiro atoms. The summed E-state index contributed by atoms with van der Waals surface area (Å²) in [5.41, 5.74) is 6.67. The lowest BCUT2D eigenvalue weighted by Crippen LogP contribution is -2.27. The quantitative estimate of drug-likeness (QED) is 0.237. The molecule has 0 bridgehead atoms. The predicted molar refractivity (Wildman–Crippen MR) is 99.1 cm³/mol. The van der Waals surface area contributed by atoms with Gasteiger partial charge in [0, 0.05) is 12.1 Å². The minimum atomic E-state index is -0.220. The first kappa shape index (κ1) is 22.8. The standard InChI is InChI=1S/C18H28N2O7/c1-23-17-14-15(2-3-16(17)19)18(22)20-4-6-24-8-10-26-12-13-27-11-9-25-7-5-21/h2-3,5,14H,4,6-13,19H2,1H3,(H,20,22). The van der Waals surface area contributed by atoms with Gasteiger partial charge in [-0.2, -0.15) is 0 Å². The number of methoxy groups -OCH3 is 1. The summed E-state index contributed by atoms with van der Waals surface area (Å²) in [5, 5.41) is 2.75. The molecule has 1 aromatic carbocycles. The molecule has 0 radical (unpaired) electrons. The van der Waals surface area contributed by atoms with Gasteiger partial charge in [-0.15, -0.1) is 0 Å². The van der Waals surface area contributed by atoms with E-state index in [-0.39, 0.29) is 12.5 Å². The minimum Gasteiger partial charge on any atom is -0.495 e. The van der Waals surface area contributed by atoms with E-state index < -0.39 is 0 Å². The van der Waals surface area contributed by atoms with Crippen LogP contribution in [0.2, 0.25) is 0 Å². The van der Waals surface area contributed by atoms with Gasteiger partial charge in [0.1, 0.15) is 18.6 Å². The van der Waals surface area contributed by atoms with Crippen LogP contribution in [0.3, 0.4) is 0 Å². The van der Waals surface area contributed by atoms with Crippen molar-refractivity contribution in [1.82, 2.24) is 5.32 Å². The number of hydrogen-bond acceptors (Lipinski definition) is 8. The Bertz CT molecular complexity index is 555. The maximum Gasteiger partial charge on any atom is 0.251 e. The van der Waals surface area contributed by atoms with Gasteiger partial charge in [-0.1, -0.05) is 0 Å². The number of benzene rings is 1. The van der Waals surface area contributed by atoms with Gasteiger partial charge in [0.15, 0.2) is 0 Å². The molecule has 1 rings (SSSR count). The van der Waals surface area contributed by atoms with E-state index in [1.807, 2.05) is 0 Å². The highest BCUT2D eigenvalue weighted by Crippen LogP contribution is 2.21. The van der Waals surface area contributed by atoms with Gasteiger partial charge in [-0.05, 0) is 18.2 Å². The highest BCUT2D eigenvalue weighted by Gasteiger charge is 2.08. The molecular weight excluding hydrogens is 356 g/mol. The molecule has 0 unspecified atom stereocenters. The van der Waals surface area contributed by atoms with Crippen LogP contribution in [0.15, 0.2) is 18.2 Å². The molecule has 9 nitrogen and oxygen atoms in total. The monoisotopic (exact) mass is 384 g/mol. The molecule has 0 atom stereocenters. The van der Waals surface area contributed by atoms with Crippen molar-refractivity contribution < 1.29 is 33.3 Å². The van der Waals surface area contributed by atoms with Crippen molar-refractivity contribution in [2.45, 2.75) is 0 Å². The zero-order valence-corrected chi connectivity index (χ0v) is 15.6. The van der Waals surface area contributed by atoms with Crippen molar-refractivity contribution >= 4 is 17.9 Å². The molecule has 1 amide bonds. The number of rotatable bonds is 16. The summed E-state index contributed by atoms with van der Waals surface area (Å²) >= 11 is 0. The summed E-state index contributed by atoms with van der Waals surface area (Å²) in [6, 6.07) is 4.86. The van der Waals surface area contributed by atoms with Gasteiger partial charge < -0.3 is 39.5 Å². The molecule has 0 aliphatic rings. The zero-order valence-electron chi connectivity index (χ0n) is 15.6. The summed E-state index contributed by atoms with van der Waals surface area (Å²) < 4.78 is 26.0. The average molecular weight is 384 g/mol. The fraction of sp³-hybridized carbons (Fsp3) is 0.556. The van der Waals surface area contributed by atoms with Crippen LogP contribution >= 0.6 is 0 Å². The fourth-order valence-electron chi connectivity index (χ4n) is 1.98. The summed E-state index contributed by atoms with van der Waals surface area (Å²) in [4.78, 5) is 22.0. The van der Waals surface area contributed by atoms with Crippen LogP contribution in [-0.2, 0) is 23.7 Å². The van der Waals surface area contributed by atoms with E-state index in [4.69, 9.17) is 29.4 Å². The van der Waals surface area contributed by atoms with E-state index in [0.717, 1.165) is 0 Å². The van der Waals surface area contributed by atoms with Crippen LogP contribution in [-0.4, -0.2) is 78.7 Å². The smallest absolute Gasteiger partial charge is 0.251 e. The molecule has 9 heteroatoms. The maximum absolute atomic E-state index is 12.0. The van der Waals surface area contributed by atoms with E-state index in [9.17, 15) is 9.59 Å². The summed E-state index contributed by atoms with van der Waals surface area (Å²) in [5.74, 6) is 0.246. The third-order valence-corrected chi connectivity index (χ3v) is 3.33. The number of amides is 1. The number of nitrogens with one attached hydrogen (secondary N) is 1. The van der Waals surface area contributed by atoms with Crippen LogP contribution in [0.4, 0.5) is 5.69 Å². The number of aldehydes is 1. The van der Waals surface area contributed by atoms with Crippen molar-refractivity contribution in [3.8, 4) is 5.75 Å². The number of nitrogen functional groups attached to an aromatic ring is 1. The summed E-state index contributed by atoms with van der Waals surface area (Å²) in [6.07, 6.45) is 0.698. The number of ether oxygens (including phenoxy) is 5. The first-order valence-electron chi connectivity index (χ1n) is 8.65. The third-order valence-electron chi connectivity index (χ3n) is 3.33. The van der Waals surface area contributed by atoms with Crippen LogP contribution in [0, 0.1) is 0 Å². The molecule has 0 heterocycles. The largest absolute Gasteiger partial charge is 0.495 e. The van der Waals surface area contributed by atoms with Crippen LogP contribution in [0.1, 0.15) is 10.4 Å². The fourth-order valence-corrected chi connectivity index (χ4v) is 1.98. The van der Waals surface area contributed by atoms with Crippen molar-refractivity contribution in [3.63, 3.8) is 0 Å². The van der Waals surface area contributed by atoms with Crippen molar-refractivity contribution in [2.24, 2.45) is 0 Å². The Kier molecular flexibility index (Phi) is 12.6. The molecule has 152 valence electrons. The number of nitrogens with two attached hydrogens (primary N) is 1. The molecule has 1 aromatic rings. The van der Waals surface area contributed by atoms with Gasteiger partial charge in [0.25, 0.3) is 5.91 Å². The van der Waals surface area contributed by atoms with Gasteiger partial charge in [0.2, 0.25) is 0 Å². The first-order chi connectivity index (χ1) is 13.2. The van der Waals surface area contributed by atoms with Crippen molar-refractivity contribution in [2.75, 3.05) is 72.2 Å². The molecular formula is C18H28N2O7. The van der Waals surface area contributed by atoms with Crippen molar-refractivity contribution in [3.05, 3.63) is 23.8 Å². The van der Waals surface area contributed by atoms with Crippen LogP contribution < -0.4 is 15.8 Å². The second-order valence-electron chi connectivity index (χ2n) is 5.29. The van der Waals surface area contributed by atoms with Gasteiger partial charge in [-0.25, -0.2) is 0 Å². The normalized spacial score (nSPS) is 10.6. The minimum absolute atomic E-state index is 0.0891. The average Bonchev–Trinajstić information content (AvgIpc) is 2.68. The highest BCUT2D eigenvalue weighted by atomic mass is 16.6. The Morgan fingerprint density at radius 2 is 1.59 bits per heavy atom. The molecule has 0 aliphatic heterocycles. The summed E-state index contributed by atoms with van der Waals surface area (Å²) in [7, 11) is 1.50. The van der Waals surface area contributed by atoms with Gasteiger partial charge in [-0.3, -0.25) is 4.79 Å². The first-order valence-corrected chi connectivity index (χ1v) is 8.65. The number of anilines is 1. The molecule has 0 aromatic heterocycles. The number of carbonyl (C=O) groups excluding carboxylic acids is 2. The second-order valence-corrected chi connectivity index (χ2v) is 5.29. The van der Waals surface area contributed by atoms with E-state index in [0.29, 0.717) is 76.1 Å². The number of carbonyl (C=O) groups is 2. The van der Waals surface area contributed by atoms with Crippen molar-refractivity contribution in [1.29, 1.82) is 0 Å².